The molecule has 0 aromatic heterocycles. The molecule has 0 saturated heterocycles. The highest BCUT2D eigenvalue weighted by Gasteiger charge is 2.33. The number of fused-ring (bicyclic) bond motifs is 1. The zero-order chi connectivity index (χ0) is 17.4. The van der Waals surface area contributed by atoms with Crippen molar-refractivity contribution >= 4 is 17.7 Å². The lowest BCUT2D eigenvalue weighted by atomic mass is 9.95. The fourth-order valence-electron chi connectivity index (χ4n) is 2.78. The molecule has 126 valence electrons. The molecule has 23 heavy (non-hydrogen) atoms. The van der Waals surface area contributed by atoms with Crippen LogP contribution in [0.25, 0.3) is 0 Å². The third-order valence-corrected chi connectivity index (χ3v) is 3.58. The van der Waals surface area contributed by atoms with Crippen molar-refractivity contribution in [3.63, 3.8) is 0 Å². The summed E-state index contributed by atoms with van der Waals surface area (Å²) in [6, 6.07) is 3.41. The normalized spacial score (nSPS) is 14.3. The highest BCUT2D eigenvalue weighted by molar-refractivity contribution is 6.01. The predicted molar refractivity (Wildman–Crippen MR) is 88.5 cm³/mol. The number of amides is 2. The number of nitrogens with one attached hydrogen (secondary N) is 1. The monoisotopic (exact) mass is 320 g/mol. The summed E-state index contributed by atoms with van der Waals surface area (Å²) in [6.07, 6.45) is -0.522. The van der Waals surface area contributed by atoms with Crippen LogP contribution in [0.15, 0.2) is 12.1 Å². The van der Waals surface area contributed by atoms with E-state index in [9.17, 15) is 14.7 Å². The van der Waals surface area contributed by atoms with E-state index in [1.165, 1.54) is 4.90 Å². The molecule has 1 aromatic rings. The smallest absolute Gasteiger partial charge is 0.412 e. The minimum absolute atomic E-state index is 0.0690. The molecule has 0 saturated carbocycles. The molecule has 1 aliphatic heterocycles. The number of ether oxygens (including phenoxy) is 1. The lowest BCUT2D eigenvalue weighted by Gasteiger charge is -2.36. The first-order chi connectivity index (χ1) is 10.6. The maximum Gasteiger partial charge on any atom is 0.412 e. The minimum atomic E-state index is -1.05. The van der Waals surface area contributed by atoms with Crippen molar-refractivity contribution < 1.29 is 19.4 Å². The molecule has 1 heterocycles. The maximum atomic E-state index is 12.2. The second kappa shape index (κ2) is 6.10. The van der Waals surface area contributed by atoms with Crippen molar-refractivity contribution in [2.75, 3.05) is 11.4 Å². The van der Waals surface area contributed by atoms with E-state index in [0.29, 0.717) is 30.0 Å². The van der Waals surface area contributed by atoms with Gasteiger partial charge in [0.1, 0.15) is 5.75 Å². The van der Waals surface area contributed by atoms with E-state index in [1.54, 1.807) is 12.1 Å². The number of hydrogen-bond donors (Lipinski definition) is 2. The topological polar surface area (TPSA) is 78.9 Å². The molecule has 0 radical (unpaired) electrons. The first kappa shape index (κ1) is 17.1. The SMILES string of the molecule is CC(C)Oc1cc2c(c(N(C(=O)O)C(C)(C)C)c1)CCNC2=O. The number of nitrogens with zero attached hydrogens (tertiary/aromatic N) is 1. The van der Waals surface area contributed by atoms with Crippen LogP contribution in [-0.4, -0.2) is 35.3 Å². The van der Waals surface area contributed by atoms with Crippen LogP contribution in [0, 0.1) is 0 Å². The van der Waals surface area contributed by atoms with Crippen molar-refractivity contribution in [2.24, 2.45) is 0 Å². The van der Waals surface area contributed by atoms with Gasteiger partial charge >= 0.3 is 6.09 Å². The van der Waals surface area contributed by atoms with Crippen molar-refractivity contribution in [3.8, 4) is 5.75 Å². The van der Waals surface area contributed by atoms with E-state index >= 15 is 0 Å². The Hall–Kier alpha value is -2.24. The zero-order valence-corrected chi connectivity index (χ0v) is 14.3. The lowest BCUT2D eigenvalue weighted by Crippen LogP contribution is -2.46. The summed E-state index contributed by atoms with van der Waals surface area (Å²) < 4.78 is 5.71. The van der Waals surface area contributed by atoms with Crippen molar-refractivity contribution in [2.45, 2.75) is 52.7 Å². The van der Waals surface area contributed by atoms with Crippen LogP contribution in [0.4, 0.5) is 10.5 Å². The van der Waals surface area contributed by atoms with Crippen LogP contribution in [0.2, 0.25) is 0 Å². The van der Waals surface area contributed by atoms with Gasteiger partial charge in [-0.05, 0) is 52.7 Å². The van der Waals surface area contributed by atoms with Crippen LogP contribution in [-0.2, 0) is 6.42 Å². The molecule has 1 aromatic carbocycles. The molecule has 0 unspecified atom stereocenters. The van der Waals surface area contributed by atoms with E-state index in [-0.39, 0.29) is 12.0 Å². The summed E-state index contributed by atoms with van der Waals surface area (Å²) in [5.74, 6) is 0.308. The van der Waals surface area contributed by atoms with Gasteiger partial charge in [0.05, 0.1) is 11.8 Å². The Morgan fingerprint density at radius 3 is 2.52 bits per heavy atom. The van der Waals surface area contributed by atoms with E-state index in [0.717, 1.165) is 5.56 Å². The van der Waals surface area contributed by atoms with Crippen LogP contribution in [0.3, 0.4) is 0 Å². The predicted octanol–water partition coefficient (Wildman–Crippen LogP) is 3.04. The molecule has 0 atom stereocenters. The third-order valence-electron chi connectivity index (χ3n) is 3.58. The molecule has 0 fully saturated rings. The van der Waals surface area contributed by atoms with Gasteiger partial charge in [-0.3, -0.25) is 9.69 Å². The molecule has 6 nitrogen and oxygen atoms in total. The first-order valence-electron chi connectivity index (χ1n) is 7.76. The quantitative estimate of drug-likeness (QED) is 0.897. The second-order valence-corrected chi connectivity index (χ2v) is 6.93. The highest BCUT2D eigenvalue weighted by atomic mass is 16.5. The standard InChI is InChI=1S/C17H24N2O4/c1-10(2)23-11-8-13-12(6-7-18-15(13)20)14(9-11)19(16(21)22)17(3,4)5/h8-10H,6-7H2,1-5H3,(H,18,20)(H,21,22). The van der Waals surface area contributed by atoms with E-state index in [2.05, 4.69) is 5.32 Å². The fraction of sp³-hybridized carbons (Fsp3) is 0.529. The molecule has 2 amide bonds. The lowest BCUT2D eigenvalue weighted by molar-refractivity contribution is 0.0945. The molecule has 2 N–H and O–H groups in total. The largest absolute Gasteiger partial charge is 0.491 e. The number of hydrogen-bond acceptors (Lipinski definition) is 3. The molecule has 0 spiro atoms. The van der Waals surface area contributed by atoms with E-state index in [4.69, 9.17) is 4.74 Å². The van der Waals surface area contributed by atoms with Crippen LogP contribution in [0.1, 0.15) is 50.5 Å². The Kier molecular flexibility index (Phi) is 4.54. The van der Waals surface area contributed by atoms with Crippen molar-refractivity contribution in [1.82, 2.24) is 5.32 Å². The Labute approximate surface area is 136 Å². The van der Waals surface area contributed by atoms with Gasteiger partial charge in [0, 0.05) is 23.7 Å². The molecule has 0 aliphatic carbocycles. The first-order valence-corrected chi connectivity index (χ1v) is 7.76. The van der Waals surface area contributed by atoms with Gasteiger partial charge in [-0.1, -0.05) is 0 Å². The number of anilines is 1. The maximum absolute atomic E-state index is 12.2. The molecule has 6 heteroatoms. The summed E-state index contributed by atoms with van der Waals surface area (Å²) in [6.45, 7) is 9.75. The van der Waals surface area contributed by atoms with E-state index in [1.807, 2.05) is 34.6 Å². The van der Waals surface area contributed by atoms with Crippen LogP contribution < -0.4 is 15.0 Å². The number of carbonyl (C=O) groups excluding carboxylic acids is 1. The Morgan fingerprint density at radius 1 is 1.35 bits per heavy atom. The van der Waals surface area contributed by atoms with Gasteiger partial charge in [-0.25, -0.2) is 4.79 Å². The average molecular weight is 320 g/mol. The molecule has 0 bridgehead atoms. The number of benzene rings is 1. The molecular formula is C17H24N2O4. The minimum Gasteiger partial charge on any atom is -0.491 e. The molecule has 2 rings (SSSR count). The van der Waals surface area contributed by atoms with Crippen LogP contribution in [0.5, 0.6) is 5.75 Å². The zero-order valence-electron chi connectivity index (χ0n) is 14.3. The number of rotatable bonds is 3. The fourth-order valence-corrected chi connectivity index (χ4v) is 2.78. The van der Waals surface area contributed by atoms with Crippen molar-refractivity contribution in [1.29, 1.82) is 0 Å². The van der Waals surface area contributed by atoms with Gasteiger partial charge in [0.2, 0.25) is 0 Å². The summed E-state index contributed by atoms with van der Waals surface area (Å²) >= 11 is 0. The van der Waals surface area contributed by atoms with Gasteiger partial charge in [0.25, 0.3) is 5.91 Å². The Balaban J connectivity index is 2.67. The number of carboxylic acid groups (broad SMARTS) is 1. The van der Waals surface area contributed by atoms with Gasteiger partial charge < -0.3 is 15.2 Å². The van der Waals surface area contributed by atoms with Gasteiger partial charge in [-0.15, -0.1) is 0 Å². The molecule has 1 aliphatic rings. The summed E-state index contributed by atoms with van der Waals surface area (Å²) in [7, 11) is 0. The highest BCUT2D eigenvalue weighted by Crippen LogP contribution is 2.35. The third kappa shape index (κ3) is 3.57. The average Bonchev–Trinajstić information content (AvgIpc) is 2.37. The Morgan fingerprint density at radius 2 is 2.00 bits per heavy atom. The second-order valence-electron chi connectivity index (χ2n) is 6.93. The summed E-state index contributed by atoms with van der Waals surface area (Å²) in [4.78, 5) is 25.3. The van der Waals surface area contributed by atoms with Gasteiger partial charge in [-0.2, -0.15) is 0 Å². The van der Waals surface area contributed by atoms with Crippen LogP contribution >= 0.6 is 0 Å². The Bertz CT molecular complexity index is 632. The van der Waals surface area contributed by atoms with E-state index < -0.39 is 11.6 Å². The van der Waals surface area contributed by atoms with Gasteiger partial charge in [0.15, 0.2) is 0 Å². The summed E-state index contributed by atoms with van der Waals surface area (Å²) in [5.41, 5.74) is 1.12. The van der Waals surface area contributed by atoms with Crippen molar-refractivity contribution in [3.05, 3.63) is 23.3 Å². The molecular weight excluding hydrogens is 296 g/mol. The number of carbonyl (C=O) groups is 2. The summed E-state index contributed by atoms with van der Waals surface area (Å²) in [5, 5.41) is 12.5.